The Hall–Kier alpha value is -4.65. The van der Waals surface area contributed by atoms with Crippen molar-refractivity contribution in [3.63, 3.8) is 0 Å². The molecule has 7 rings (SSSR count). The summed E-state index contributed by atoms with van der Waals surface area (Å²) in [6.45, 7) is 8.62. The van der Waals surface area contributed by atoms with E-state index in [1.165, 1.54) is 0 Å². The van der Waals surface area contributed by atoms with Crippen molar-refractivity contribution < 1.29 is 14.2 Å². The number of piperazine rings is 1. The quantitative estimate of drug-likeness (QED) is 0.194. The highest BCUT2D eigenvalue weighted by atomic mass is 35.5. The Labute approximate surface area is 284 Å². The van der Waals surface area contributed by atoms with Crippen molar-refractivity contribution in [1.29, 1.82) is 0 Å². The molecule has 0 aliphatic carbocycles. The van der Waals surface area contributed by atoms with Gasteiger partial charge >= 0.3 is 5.69 Å². The third-order valence-corrected chi connectivity index (χ3v) is 9.29. The average Bonchev–Trinajstić information content (AvgIpc) is 3.89. The Balaban J connectivity index is 0.919. The molecule has 48 heavy (non-hydrogen) atoms. The van der Waals surface area contributed by atoms with Gasteiger partial charge < -0.3 is 24.0 Å². The predicted molar refractivity (Wildman–Crippen MR) is 183 cm³/mol. The van der Waals surface area contributed by atoms with Gasteiger partial charge in [0, 0.05) is 48.1 Å². The molecule has 3 atom stereocenters. The van der Waals surface area contributed by atoms with Crippen molar-refractivity contribution in [1.82, 2.24) is 29.3 Å². The van der Waals surface area contributed by atoms with Crippen molar-refractivity contribution in [2.45, 2.75) is 44.7 Å². The van der Waals surface area contributed by atoms with E-state index in [1.807, 2.05) is 55.5 Å². The first-order chi connectivity index (χ1) is 23.4. The Kier molecular flexibility index (Phi) is 9.20. The number of halogens is 1. The molecule has 3 aromatic carbocycles. The second kappa shape index (κ2) is 13.8. The van der Waals surface area contributed by atoms with E-state index >= 15 is 0 Å². The van der Waals surface area contributed by atoms with Crippen LogP contribution in [0.3, 0.4) is 0 Å². The highest BCUT2D eigenvalue weighted by Crippen LogP contribution is 2.37. The van der Waals surface area contributed by atoms with Crippen LogP contribution in [0, 0.1) is 0 Å². The molecule has 0 bridgehead atoms. The fourth-order valence-electron chi connectivity index (χ4n) is 6.17. The normalized spacial score (nSPS) is 20.3. The number of benzene rings is 3. The molecule has 2 aliphatic rings. The fourth-order valence-corrected chi connectivity index (χ4v) is 6.36. The lowest BCUT2D eigenvalue weighted by molar-refractivity contribution is -0.192. The van der Waals surface area contributed by atoms with Crippen LogP contribution >= 0.6 is 11.6 Å². The highest BCUT2D eigenvalue weighted by Gasteiger charge is 2.44. The minimum absolute atomic E-state index is 0.0682. The largest absolute Gasteiger partial charge is 0.491 e. The molecule has 2 aromatic heterocycles. The van der Waals surface area contributed by atoms with E-state index < -0.39 is 5.79 Å². The van der Waals surface area contributed by atoms with E-state index in [9.17, 15) is 4.79 Å². The van der Waals surface area contributed by atoms with Crippen molar-refractivity contribution in [3.8, 4) is 11.4 Å². The zero-order valence-corrected chi connectivity index (χ0v) is 27.8. The lowest BCUT2D eigenvalue weighted by Gasteiger charge is -2.37. The minimum atomic E-state index is -1.07. The van der Waals surface area contributed by atoms with Crippen LogP contribution in [0.15, 0.2) is 96.3 Å². The monoisotopic (exact) mass is 670 g/mol. The first-order valence-corrected chi connectivity index (χ1v) is 16.7. The minimum Gasteiger partial charge on any atom is -0.491 e. The summed E-state index contributed by atoms with van der Waals surface area (Å²) in [7, 11) is 0. The second-order valence-electron chi connectivity index (χ2n) is 12.2. The summed E-state index contributed by atoms with van der Waals surface area (Å²) < 4.78 is 22.0. The topological polar surface area (TPSA) is 105 Å². The summed E-state index contributed by atoms with van der Waals surface area (Å²) in [6.07, 6.45) is 5.42. The maximum Gasteiger partial charge on any atom is 0.350 e. The SMILES string of the molecule is CCC(C)n1ncn(-c2ccc(N3CCN(c4ccc(OCC5COC(Cn6nccn6)(c6cccc(Cl)c6)O5)cc4)CC3)cc2)c1=O. The van der Waals surface area contributed by atoms with Gasteiger partial charge in [-0.15, -0.1) is 0 Å². The van der Waals surface area contributed by atoms with E-state index in [1.54, 1.807) is 32.8 Å². The summed E-state index contributed by atoms with van der Waals surface area (Å²) in [4.78, 5) is 19.1. The van der Waals surface area contributed by atoms with Gasteiger partial charge in [0.25, 0.3) is 0 Å². The second-order valence-corrected chi connectivity index (χ2v) is 12.6. The van der Waals surface area contributed by atoms with E-state index in [0.717, 1.165) is 61.0 Å². The summed E-state index contributed by atoms with van der Waals surface area (Å²) in [5.74, 6) is -0.299. The van der Waals surface area contributed by atoms with E-state index in [2.05, 4.69) is 56.3 Å². The van der Waals surface area contributed by atoms with Crippen molar-refractivity contribution in [3.05, 3.63) is 113 Å². The van der Waals surface area contributed by atoms with Gasteiger partial charge in [-0.25, -0.2) is 14.0 Å². The van der Waals surface area contributed by atoms with Crippen LogP contribution in [0.1, 0.15) is 31.9 Å². The van der Waals surface area contributed by atoms with Crippen molar-refractivity contribution >= 4 is 23.0 Å². The molecular weight excluding hydrogens is 632 g/mol. The van der Waals surface area contributed by atoms with E-state index in [0.29, 0.717) is 18.2 Å². The molecule has 250 valence electrons. The van der Waals surface area contributed by atoms with E-state index in [-0.39, 0.29) is 24.4 Å². The van der Waals surface area contributed by atoms with Crippen LogP contribution in [0.4, 0.5) is 11.4 Å². The molecule has 2 saturated heterocycles. The first kappa shape index (κ1) is 31.9. The number of anilines is 2. The summed E-state index contributed by atoms with van der Waals surface area (Å²) in [6, 6.07) is 23.9. The molecule has 0 spiro atoms. The molecule has 4 heterocycles. The van der Waals surface area contributed by atoms with Crippen molar-refractivity contribution in [2.24, 2.45) is 0 Å². The lowest BCUT2D eigenvalue weighted by atomic mass is 10.1. The molecule has 5 aromatic rings. The zero-order valence-electron chi connectivity index (χ0n) is 27.1. The zero-order chi connectivity index (χ0) is 33.1. The Morgan fingerprint density at radius 3 is 2.21 bits per heavy atom. The molecule has 0 amide bonds. The van der Waals surface area contributed by atoms with Gasteiger partial charge in [-0.05, 0) is 74.0 Å². The van der Waals surface area contributed by atoms with Gasteiger partial charge in [0.2, 0.25) is 5.79 Å². The van der Waals surface area contributed by atoms with Gasteiger partial charge in [-0.1, -0.05) is 30.7 Å². The van der Waals surface area contributed by atoms with Crippen LogP contribution in [0.5, 0.6) is 5.75 Å². The van der Waals surface area contributed by atoms with Gasteiger partial charge in [0.15, 0.2) is 0 Å². The maximum absolute atomic E-state index is 12.8. The van der Waals surface area contributed by atoms with Gasteiger partial charge in [0.1, 0.15) is 31.3 Å². The van der Waals surface area contributed by atoms with Gasteiger partial charge in [0.05, 0.1) is 30.7 Å². The molecular formula is C35H39ClN8O4. The Morgan fingerprint density at radius 2 is 1.56 bits per heavy atom. The summed E-state index contributed by atoms with van der Waals surface area (Å²) >= 11 is 6.30. The molecule has 12 nitrogen and oxygen atoms in total. The van der Waals surface area contributed by atoms with Crippen LogP contribution in [0.2, 0.25) is 5.02 Å². The average molecular weight is 671 g/mol. The number of aromatic nitrogens is 6. The van der Waals surface area contributed by atoms with Crippen LogP contribution < -0.4 is 20.2 Å². The van der Waals surface area contributed by atoms with E-state index in [4.69, 9.17) is 25.8 Å². The number of ether oxygens (including phenoxy) is 3. The third kappa shape index (κ3) is 6.69. The highest BCUT2D eigenvalue weighted by molar-refractivity contribution is 6.30. The molecule has 3 unspecified atom stereocenters. The van der Waals surface area contributed by atoms with Gasteiger partial charge in [-0.3, -0.25) is 0 Å². The third-order valence-electron chi connectivity index (χ3n) is 9.05. The molecule has 0 radical (unpaired) electrons. The van der Waals surface area contributed by atoms with Gasteiger partial charge in [-0.2, -0.15) is 20.1 Å². The Morgan fingerprint density at radius 1 is 0.917 bits per heavy atom. The smallest absolute Gasteiger partial charge is 0.350 e. The van der Waals surface area contributed by atoms with Crippen LogP contribution in [-0.2, 0) is 21.8 Å². The Bertz CT molecular complexity index is 1850. The maximum atomic E-state index is 12.8. The number of nitrogens with zero attached hydrogens (tertiary/aromatic N) is 8. The fraction of sp³-hybridized carbons (Fsp3) is 0.371. The predicted octanol–water partition coefficient (Wildman–Crippen LogP) is 4.92. The molecule has 13 heteroatoms. The number of hydrogen-bond acceptors (Lipinski definition) is 9. The summed E-state index contributed by atoms with van der Waals surface area (Å²) in [5.41, 5.74) is 3.81. The van der Waals surface area contributed by atoms with Crippen LogP contribution in [-0.4, -0.2) is 74.8 Å². The summed E-state index contributed by atoms with van der Waals surface area (Å²) in [5, 5.41) is 13.4. The van der Waals surface area contributed by atoms with Crippen LogP contribution in [0.25, 0.3) is 5.69 Å². The first-order valence-electron chi connectivity index (χ1n) is 16.3. The number of rotatable bonds is 11. The molecule has 0 N–H and O–H groups in total. The molecule has 2 aliphatic heterocycles. The molecule has 0 saturated carbocycles. The lowest BCUT2D eigenvalue weighted by Crippen LogP contribution is -2.46. The number of hydrogen-bond donors (Lipinski definition) is 0. The molecule has 2 fully saturated rings. The van der Waals surface area contributed by atoms with Crippen molar-refractivity contribution in [2.75, 3.05) is 49.2 Å². The standard InChI is InChI=1S/C35H39ClN8O4/c1-3-26(2)44-34(45)42(25-39-44)31-9-7-29(8-10-31)40-17-19-41(20-18-40)30-11-13-32(14-12-30)46-22-33-23-47-35(48-33,24-43-37-15-16-38-43)27-5-4-6-28(36)21-27/h4-16,21,25-26,33H,3,17-20,22-24H2,1-2H3.